The third-order valence-electron chi connectivity index (χ3n) is 3.68. The fourth-order valence-electron chi connectivity index (χ4n) is 2.63. The molecule has 1 aliphatic heterocycles. The van der Waals surface area contributed by atoms with Gasteiger partial charge in [-0.3, -0.25) is 4.90 Å². The quantitative estimate of drug-likeness (QED) is 0.912. The molecule has 106 valence electrons. The molecule has 1 fully saturated rings. The van der Waals surface area contributed by atoms with Crippen molar-refractivity contribution in [2.45, 2.75) is 13.0 Å². The van der Waals surface area contributed by atoms with Crippen molar-refractivity contribution < 1.29 is 5.11 Å². The van der Waals surface area contributed by atoms with Crippen LogP contribution in [0.1, 0.15) is 12.0 Å². The third kappa shape index (κ3) is 2.85. The zero-order chi connectivity index (χ0) is 13.9. The van der Waals surface area contributed by atoms with Gasteiger partial charge in [0.15, 0.2) is 0 Å². The van der Waals surface area contributed by atoms with E-state index in [-0.39, 0.29) is 6.61 Å². The average Bonchev–Trinajstić information content (AvgIpc) is 2.92. The lowest BCUT2D eigenvalue weighted by molar-refractivity contribution is 0.0723. The standard InChI is InChI=1S/C14H17ClN4O/c15-13-2-1-12(8-18-6-11(7-18)3-4-20)14(5-13)19-10-16-9-17-19/h1-2,5,9-11,20H,3-4,6-8H2. The van der Waals surface area contributed by atoms with E-state index in [9.17, 15) is 0 Å². The van der Waals surface area contributed by atoms with Gasteiger partial charge in [0.25, 0.3) is 0 Å². The van der Waals surface area contributed by atoms with E-state index < -0.39 is 0 Å². The summed E-state index contributed by atoms with van der Waals surface area (Å²) in [5.41, 5.74) is 2.16. The van der Waals surface area contributed by atoms with Crippen molar-refractivity contribution in [2.24, 2.45) is 5.92 Å². The van der Waals surface area contributed by atoms with Crippen LogP contribution in [0.15, 0.2) is 30.9 Å². The van der Waals surface area contributed by atoms with E-state index in [0.717, 1.165) is 31.7 Å². The molecule has 1 aromatic heterocycles. The minimum Gasteiger partial charge on any atom is -0.396 e. The summed E-state index contributed by atoms with van der Waals surface area (Å²) in [7, 11) is 0. The summed E-state index contributed by atoms with van der Waals surface area (Å²) in [6, 6.07) is 5.86. The minimum atomic E-state index is 0.281. The van der Waals surface area contributed by atoms with Crippen molar-refractivity contribution in [3.8, 4) is 5.69 Å². The van der Waals surface area contributed by atoms with Gasteiger partial charge in [0, 0.05) is 31.3 Å². The van der Waals surface area contributed by atoms with Gasteiger partial charge in [-0.1, -0.05) is 17.7 Å². The summed E-state index contributed by atoms with van der Waals surface area (Å²) in [6.07, 6.45) is 4.10. The molecule has 1 aromatic carbocycles. The molecule has 0 atom stereocenters. The molecule has 5 nitrogen and oxygen atoms in total. The predicted octanol–water partition coefficient (Wildman–Crippen LogP) is 1.73. The number of benzene rings is 1. The zero-order valence-electron chi connectivity index (χ0n) is 11.1. The van der Waals surface area contributed by atoms with Gasteiger partial charge in [-0.15, -0.1) is 0 Å². The molecule has 20 heavy (non-hydrogen) atoms. The van der Waals surface area contributed by atoms with E-state index in [4.69, 9.17) is 16.7 Å². The van der Waals surface area contributed by atoms with Crippen LogP contribution in [-0.2, 0) is 6.54 Å². The normalized spacial score (nSPS) is 16.3. The van der Waals surface area contributed by atoms with Gasteiger partial charge in [-0.2, -0.15) is 5.10 Å². The number of nitrogens with zero attached hydrogens (tertiary/aromatic N) is 4. The van der Waals surface area contributed by atoms with Crippen molar-refractivity contribution in [2.75, 3.05) is 19.7 Å². The van der Waals surface area contributed by atoms with E-state index in [1.165, 1.54) is 11.9 Å². The second-order valence-electron chi connectivity index (χ2n) is 5.19. The lowest BCUT2D eigenvalue weighted by atomic mass is 9.96. The first-order chi connectivity index (χ1) is 9.76. The molecule has 0 aliphatic carbocycles. The number of halogens is 1. The van der Waals surface area contributed by atoms with Crippen LogP contribution in [0.3, 0.4) is 0 Å². The molecule has 2 heterocycles. The first-order valence-corrected chi connectivity index (χ1v) is 7.10. The smallest absolute Gasteiger partial charge is 0.138 e. The molecule has 0 bridgehead atoms. The number of rotatable bonds is 5. The Morgan fingerprint density at radius 1 is 1.35 bits per heavy atom. The molecule has 0 radical (unpaired) electrons. The maximum atomic E-state index is 8.93. The zero-order valence-corrected chi connectivity index (χ0v) is 11.9. The van der Waals surface area contributed by atoms with E-state index in [1.807, 2.05) is 18.2 Å². The van der Waals surface area contributed by atoms with Crippen LogP contribution in [0.4, 0.5) is 0 Å². The van der Waals surface area contributed by atoms with Gasteiger partial charge in [0.2, 0.25) is 0 Å². The van der Waals surface area contributed by atoms with E-state index in [0.29, 0.717) is 10.9 Å². The lowest BCUT2D eigenvalue weighted by Crippen LogP contribution is -2.46. The molecule has 0 amide bonds. The monoisotopic (exact) mass is 292 g/mol. The number of hydrogen-bond acceptors (Lipinski definition) is 4. The van der Waals surface area contributed by atoms with Crippen molar-refractivity contribution in [3.05, 3.63) is 41.4 Å². The first kappa shape index (κ1) is 13.5. The minimum absolute atomic E-state index is 0.281. The molecule has 0 spiro atoms. The molecule has 6 heteroatoms. The Balaban J connectivity index is 1.74. The number of aliphatic hydroxyl groups excluding tert-OH is 1. The number of aliphatic hydroxyl groups is 1. The summed E-state index contributed by atoms with van der Waals surface area (Å²) in [5, 5.41) is 13.8. The van der Waals surface area contributed by atoms with Crippen LogP contribution in [0.2, 0.25) is 5.02 Å². The SMILES string of the molecule is OCCC1CN(Cc2ccc(Cl)cc2-n2cncn2)C1. The Kier molecular flexibility index (Phi) is 4.00. The largest absolute Gasteiger partial charge is 0.396 e. The summed E-state index contributed by atoms with van der Waals surface area (Å²) >= 11 is 6.08. The molecule has 0 unspecified atom stereocenters. The molecular formula is C14H17ClN4O. The maximum absolute atomic E-state index is 8.93. The van der Waals surface area contributed by atoms with Crippen LogP contribution < -0.4 is 0 Å². The first-order valence-electron chi connectivity index (χ1n) is 6.73. The fourth-order valence-corrected chi connectivity index (χ4v) is 2.79. The maximum Gasteiger partial charge on any atom is 0.138 e. The average molecular weight is 293 g/mol. The lowest BCUT2D eigenvalue weighted by Gasteiger charge is -2.39. The highest BCUT2D eigenvalue weighted by molar-refractivity contribution is 6.30. The molecule has 2 aromatic rings. The fraction of sp³-hybridized carbons (Fsp3) is 0.429. The van der Waals surface area contributed by atoms with Crippen molar-refractivity contribution in [1.29, 1.82) is 0 Å². The van der Waals surface area contributed by atoms with Gasteiger partial charge >= 0.3 is 0 Å². The summed E-state index contributed by atoms with van der Waals surface area (Å²) in [5.74, 6) is 0.627. The second-order valence-corrected chi connectivity index (χ2v) is 5.62. The topological polar surface area (TPSA) is 54.2 Å². The van der Waals surface area contributed by atoms with Gasteiger partial charge < -0.3 is 5.11 Å². The van der Waals surface area contributed by atoms with Crippen molar-refractivity contribution >= 4 is 11.6 Å². The van der Waals surface area contributed by atoms with Crippen molar-refractivity contribution in [3.63, 3.8) is 0 Å². The van der Waals surface area contributed by atoms with E-state index in [2.05, 4.69) is 15.0 Å². The van der Waals surface area contributed by atoms with E-state index in [1.54, 1.807) is 11.0 Å². The van der Waals surface area contributed by atoms with Crippen LogP contribution in [0, 0.1) is 5.92 Å². The van der Waals surface area contributed by atoms with E-state index >= 15 is 0 Å². The highest BCUT2D eigenvalue weighted by Gasteiger charge is 2.26. The molecule has 1 saturated heterocycles. The van der Waals surface area contributed by atoms with Crippen molar-refractivity contribution in [1.82, 2.24) is 19.7 Å². The molecule has 0 saturated carbocycles. The summed E-state index contributed by atoms with van der Waals surface area (Å²) in [4.78, 5) is 6.35. The predicted molar refractivity (Wildman–Crippen MR) is 76.8 cm³/mol. The molecule has 1 N–H and O–H groups in total. The van der Waals surface area contributed by atoms with Crippen LogP contribution in [-0.4, -0.2) is 44.5 Å². The molecule has 3 rings (SSSR count). The number of aromatic nitrogens is 3. The Bertz CT molecular complexity index is 567. The van der Waals surface area contributed by atoms with Crippen LogP contribution in [0.5, 0.6) is 0 Å². The highest BCUT2D eigenvalue weighted by atomic mass is 35.5. The molecular weight excluding hydrogens is 276 g/mol. The number of likely N-dealkylation sites (tertiary alicyclic amines) is 1. The summed E-state index contributed by atoms with van der Waals surface area (Å²) < 4.78 is 1.74. The van der Waals surface area contributed by atoms with Gasteiger partial charge in [-0.05, 0) is 30.0 Å². The van der Waals surface area contributed by atoms with Crippen LogP contribution in [0.25, 0.3) is 5.69 Å². The Hall–Kier alpha value is -1.43. The molecule has 1 aliphatic rings. The third-order valence-corrected chi connectivity index (χ3v) is 3.91. The highest BCUT2D eigenvalue weighted by Crippen LogP contribution is 2.25. The number of hydrogen-bond donors (Lipinski definition) is 1. The van der Waals surface area contributed by atoms with Gasteiger partial charge in [0.05, 0.1) is 5.69 Å². The van der Waals surface area contributed by atoms with Gasteiger partial charge in [-0.25, -0.2) is 9.67 Å². The van der Waals surface area contributed by atoms with Crippen LogP contribution >= 0.6 is 11.6 Å². The Morgan fingerprint density at radius 3 is 2.90 bits per heavy atom. The summed E-state index contributed by atoms with van der Waals surface area (Å²) in [6.45, 7) is 3.23. The van der Waals surface area contributed by atoms with Gasteiger partial charge in [0.1, 0.15) is 12.7 Å². The second kappa shape index (κ2) is 5.91. The Morgan fingerprint density at radius 2 is 2.20 bits per heavy atom. The Labute approximate surface area is 122 Å².